The molecule has 1 amide bonds. The number of alkyl halides is 3. The molecule has 0 radical (unpaired) electrons. The summed E-state index contributed by atoms with van der Waals surface area (Å²) in [6, 6.07) is 6.96. The van der Waals surface area contributed by atoms with Crippen molar-refractivity contribution in [2.24, 2.45) is 16.8 Å². The molecular formula is C21H25F4N3O3. The Hall–Kier alpha value is -2.49. The average molecular weight is 443 g/mol. The molecular weight excluding hydrogens is 418 g/mol. The SMILES string of the molecule is CCN1C(=O)[C@]2(CC[C@@H]3CN(Cc4ccccc4F)C[C@@H]32)N=C1C.O=C(O)C(F)(F)F. The molecule has 0 aromatic heterocycles. The zero-order valence-electron chi connectivity index (χ0n) is 17.3. The molecule has 4 rings (SSSR count). The summed E-state index contributed by atoms with van der Waals surface area (Å²) in [5.41, 5.74) is 0.188. The molecule has 0 bridgehead atoms. The molecule has 1 spiro atoms. The quantitative estimate of drug-likeness (QED) is 0.728. The van der Waals surface area contributed by atoms with E-state index in [0.29, 0.717) is 19.0 Å². The van der Waals surface area contributed by atoms with Crippen LogP contribution in [0.5, 0.6) is 0 Å². The van der Waals surface area contributed by atoms with Crippen LogP contribution in [0.2, 0.25) is 0 Å². The number of hydrogen-bond acceptors (Lipinski definition) is 4. The largest absolute Gasteiger partial charge is 0.490 e. The van der Waals surface area contributed by atoms with Crippen molar-refractivity contribution in [3.05, 3.63) is 35.6 Å². The maximum atomic E-state index is 13.9. The summed E-state index contributed by atoms with van der Waals surface area (Å²) in [6.45, 7) is 7.02. The predicted octanol–water partition coefficient (Wildman–Crippen LogP) is 3.32. The number of carboxylic acid groups (broad SMARTS) is 1. The minimum Gasteiger partial charge on any atom is -0.475 e. The van der Waals surface area contributed by atoms with Crippen molar-refractivity contribution in [3.63, 3.8) is 0 Å². The number of amidine groups is 1. The minimum atomic E-state index is -5.08. The van der Waals surface area contributed by atoms with E-state index in [4.69, 9.17) is 14.9 Å². The number of carboxylic acids is 1. The summed E-state index contributed by atoms with van der Waals surface area (Å²) in [4.78, 5) is 30.8. The lowest BCUT2D eigenvalue weighted by atomic mass is 9.85. The molecule has 3 atom stereocenters. The van der Waals surface area contributed by atoms with Crippen LogP contribution in [0.1, 0.15) is 32.3 Å². The van der Waals surface area contributed by atoms with Gasteiger partial charge in [0, 0.05) is 37.7 Å². The van der Waals surface area contributed by atoms with Crippen LogP contribution >= 0.6 is 0 Å². The third kappa shape index (κ3) is 4.44. The molecule has 2 fully saturated rings. The van der Waals surface area contributed by atoms with Crippen LogP contribution in [0.25, 0.3) is 0 Å². The molecule has 10 heteroatoms. The zero-order chi connectivity index (χ0) is 23.0. The Morgan fingerprint density at radius 1 is 1.29 bits per heavy atom. The van der Waals surface area contributed by atoms with E-state index in [0.717, 1.165) is 37.3 Å². The summed E-state index contributed by atoms with van der Waals surface area (Å²) in [5, 5.41) is 7.12. The Bertz CT molecular complexity index is 889. The second-order valence-corrected chi connectivity index (χ2v) is 8.13. The fourth-order valence-corrected chi connectivity index (χ4v) is 4.94. The second kappa shape index (κ2) is 8.57. The smallest absolute Gasteiger partial charge is 0.475 e. The number of carbonyl (C=O) groups is 2. The van der Waals surface area contributed by atoms with E-state index in [1.54, 1.807) is 6.07 Å². The number of aliphatic imine (C=N–C) groups is 1. The highest BCUT2D eigenvalue weighted by molar-refractivity contribution is 6.07. The Morgan fingerprint density at radius 3 is 2.48 bits per heavy atom. The van der Waals surface area contributed by atoms with Gasteiger partial charge >= 0.3 is 12.1 Å². The molecule has 1 aliphatic carbocycles. The number of benzene rings is 1. The zero-order valence-corrected chi connectivity index (χ0v) is 17.3. The van der Waals surface area contributed by atoms with Crippen molar-refractivity contribution < 1.29 is 32.3 Å². The van der Waals surface area contributed by atoms with E-state index < -0.39 is 17.7 Å². The van der Waals surface area contributed by atoms with Gasteiger partial charge in [0.2, 0.25) is 0 Å². The van der Waals surface area contributed by atoms with Gasteiger partial charge in [0.1, 0.15) is 17.2 Å². The van der Waals surface area contributed by atoms with Crippen molar-refractivity contribution in [2.75, 3.05) is 19.6 Å². The monoisotopic (exact) mass is 443 g/mol. The topological polar surface area (TPSA) is 73.2 Å². The lowest BCUT2D eigenvalue weighted by Gasteiger charge is -2.28. The average Bonchev–Trinajstić information content (AvgIpc) is 3.31. The minimum absolute atomic E-state index is 0.146. The molecule has 2 heterocycles. The molecule has 1 aromatic rings. The first-order chi connectivity index (χ1) is 14.5. The van der Waals surface area contributed by atoms with Crippen molar-refractivity contribution >= 4 is 17.7 Å². The summed E-state index contributed by atoms with van der Waals surface area (Å²) in [6.07, 6.45) is -3.18. The third-order valence-electron chi connectivity index (χ3n) is 6.30. The molecule has 1 saturated heterocycles. The van der Waals surface area contributed by atoms with E-state index in [1.165, 1.54) is 6.07 Å². The van der Waals surface area contributed by atoms with Gasteiger partial charge in [-0.15, -0.1) is 0 Å². The summed E-state index contributed by atoms with van der Waals surface area (Å²) in [7, 11) is 0. The van der Waals surface area contributed by atoms with Gasteiger partial charge in [0.15, 0.2) is 0 Å². The molecule has 2 aliphatic heterocycles. The number of likely N-dealkylation sites (tertiary alicyclic amines) is 1. The lowest BCUT2D eigenvalue weighted by molar-refractivity contribution is -0.192. The normalized spacial score (nSPS) is 27.9. The molecule has 1 aromatic carbocycles. The van der Waals surface area contributed by atoms with Gasteiger partial charge in [0.25, 0.3) is 5.91 Å². The second-order valence-electron chi connectivity index (χ2n) is 8.13. The van der Waals surface area contributed by atoms with Crippen molar-refractivity contribution in [1.29, 1.82) is 0 Å². The van der Waals surface area contributed by atoms with E-state index in [2.05, 4.69) is 4.90 Å². The van der Waals surface area contributed by atoms with Gasteiger partial charge in [0.05, 0.1) is 0 Å². The van der Waals surface area contributed by atoms with Gasteiger partial charge in [-0.3, -0.25) is 19.6 Å². The Balaban J connectivity index is 0.000000339. The number of aliphatic carboxylic acids is 1. The van der Waals surface area contributed by atoms with Gasteiger partial charge in [-0.1, -0.05) is 18.2 Å². The van der Waals surface area contributed by atoms with Gasteiger partial charge in [-0.25, -0.2) is 9.18 Å². The number of halogens is 4. The maximum Gasteiger partial charge on any atom is 0.490 e. The van der Waals surface area contributed by atoms with Crippen molar-refractivity contribution in [3.8, 4) is 0 Å². The van der Waals surface area contributed by atoms with Gasteiger partial charge < -0.3 is 5.11 Å². The first kappa shape index (κ1) is 23.2. The van der Waals surface area contributed by atoms with Gasteiger partial charge in [-0.05, 0) is 38.7 Å². The predicted molar refractivity (Wildman–Crippen MR) is 105 cm³/mol. The highest BCUT2D eigenvalue weighted by Gasteiger charge is 2.60. The third-order valence-corrected chi connectivity index (χ3v) is 6.30. The Morgan fingerprint density at radius 2 is 1.94 bits per heavy atom. The molecule has 170 valence electrons. The molecule has 0 unspecified atom stereocenters. The Kier molecular flexibility index (Phi) is 6.40. The fourth-order valence-electron chi connectivity index (χ4n) is 4.94. The maximum absolute atomic E-state index is 13.9. The molecule has 31 heavy (non-hydrogen) atoms. The van der Waals surface area contributed by atoms with Gasteiger partial charge in [-0.2, -0.15) is 13.2 Å². The molecule has 6 nitrogen and oxygen atoms in total. The van der Waals surface area contributed by atoms with Crippen LogP contribution in [-0.4, -0.2) is 64.0 Å². The Labute approximate surface area is 177 Å². The number of rotatable bonds is 3. The van der Waals surface area contributed by atoms with Crippen molar-refractivity contribution in [2.45, 2.75) is 44.9 Å². The summed E-state index contributed by atoms with van der Waals surface area (Å²) >= 11 is 0. The highest BCUT2D eigenvalue weighted by Crippen LogP contribution is 2.50. The number of nitrogens with zero attached hydrogens (tertiary/aromatic N) is 3. The number of amides is 1. The first-order valence-electron chi connectivity index (χ1n) is 10.1. The summed E-state index contributed by atoms with van der Waals surface area (Å²) in [5.74, 6) is -1.10. The van der Waals surface area contributed by atoms with Crippen LogP contribution in [0.3, 0.4) is 0 Å². The first-order valence-corrected chi connectivity index (χ1v) is 10.1. The lowest BCUT2D eigenvalue weighted by Crippen LogP contribution is -2.46. The number of fused-ring (bicyclic) bond motifs is 2. The number of likely N-dealkylation sites (N-methyl/N-ethyl adjacent to an activating group) is 1. The molecule has 1 saturated carbocycles. The fraction of sp³-hybridized carbons (Fsp3) is 0.571. The number of carbonyl (C=O) groups excluding carboxylic acids is 1. The van der Waals surface area contributed by atoms with E-state index in [-0.39, 0.29) is 17.6 Å². The van der Waals surface area contributed by atoms with E-state index in [1.807, 2.05) is 30.9 Å². The standard InChI is InChI=1S/C19H24FN3O.C2HF3O2/c1-3-23-13(2)21-19(18(23)24)9-8-14-10-22(12-16(14)19)11-15-6-4-5-7-17(15)20;3-2(4,5)1(6)7/h4-7,14,16H,3,8-12H2,1-2H3;(H,6,7)/t14-,16+,19-;/m1./s1. The summed E-state index contributed by atoms with van der Waals surface area (Å²) < 4.78 is 45.7. The molecule has 3 aliphatic rings. The van der Waals surface area contributed by atoms with Crippen molar-refractivity contribution in [1.82, 2.24) is 9.80 Å². The van der Waals surface area contributed by atoms with Crippen LogP contribution < -0.4 is 0 Å². The van der Waals surface area contributed by atoms with E-state index >= 15 is 0 Å². The van der Waals surface area contributed by atoms with E-state index in [9.17, 15) is 22.4 Å². The van der Waals surface area contributed by atoms with Crippen LogP contribution in [0.4, 0.5) is 17.6 Å². The van der Waals surface area contributed by atoms with Crippen LogP contribution in [-0.2, 0) is 16.1 Å². The highest BCUT2D eigenvalue weighted by atomic mass is 19.4. The molecule has 1 N–H and O–H groups in total. The van der Waals surface area contributed by atoms with Crippen LogP contribution in [0.15, 0.2) is 29.3 Å². The van der Waals surface area contributed by atoms with Crippen LogP contribution in [0, 0.1) is 17.7 Å². The number of hydrogen-bond donors (Lipinski definition) is 1.